The van der Waals surface area contributed by atoms with Crippen LogP contribution in [0.2, 0.25) is 0 Å². The standard InChI is InChI=1S/C26H42O12/c1-26(2,3)15-7-5-14(6-8-15)13-34-9-4-10-35-24-22(33)20(31)23(17(12-28)37-24)38-25-21(32)19(30)18(29)16(11-27)36-25/h5-8,16-25,27-33H,4,9-13H2,1-3H3/t16?,17?,18-,19+,20-,21?,22?,23-,24-,25-/m1/s1. The Hall–Kier alpha value is -1.26. The minimum Gasteiger partial charge on any atom is -0.394 e. The van der Waals surface area contributed by atoms with E-state index < -0.39 is 74.6 Å². The first-order valence-electron chi connectivity index (χ1n) is 12.8. The second-order valence-corrected chi connectivity index (χ2v) is 10.7. The second kappa shape index (κ2) is 13.9. The van der Waals surface area contributed by atoms with E-state index in [0.717, 1.165) is 5.56 Å². The van der Waals surface area contributed by atoms with Gasteiger partial charge in [0.25, 0.3) is 0 Å². The smallest absolute Gasteiger partial charge is 0.187 e. The molecule has 1 aromatic carbocycles. The average Bonchev–Trinajstić information content (AvgIpc) is 2.89. The highest BCUT2D eigenvalue weighted by Crippen LogP contribution is 2.29. The molecule has 3 rings (SSSR count). The molecular formula is C26H42O12. The maximum absolute atomic E-state index is 10.6. The van der Waals surface area contributed by atoms with E-state index in [-0.39, 0.29) is 12.0 Å². The van der Waals surface area contributed by atoms with Gasteiger partial charge in [-0.15, -0.1) is 0 Å². The molecule has 0 saturated carbocycles. The molecule has 2 heterocycles. The zero-order valence-corrected chi connectivity index (χ0v) is 22.0. The molecule has 12 nitrogen and oxygen atoms in total. The van der Waals surface area contributed by atoms with Crippen LogP contribution >= 0.6 is 0 Å². The molecule has 38 heavy (non-hydrogen) atoms. The van der Waals surface area contributed by atoms with Crippen molar-refractivity contribution in [2.24, 2.45) is 0 Å². The molecule has 1 aromatic rings. The fourth-order valence-corrected chi connectivity index (χ4v) is 4.34. The van der Waals surface area contributed by atoms with Crippen LogP contribution in [-0.2, 0) is 35.7 Å². The Balaban J connectivity index is 1.44. The molecule has 0 aliphatic carbocycles. The van der Waals surface area contributed by atoms with Crippen molar-refractivity contribution in [3.8, 4) is 0 Å². The highest BCUT2D eigenvalue weighted by atomic mass is 16.7. The lowest BCUT2D eigenvalue weighted by Crippen LogP contribution is -2.64. The van der Waals surface area contributed by atoms with Gasteiger partial charge in [-0.05, 0) is 23.0 Å². The molecule has 2 saturated heterocycles. The molecule has 2 fully saturated rings. The van der Waals surface area contributed by atoms with Gasteiger partial charge in [0.2, 0.25) is 0 Å². The van der Waals surface area contributed by atoms with E-state index in [1.54, 1.807) is 0 Å². The van der Waals surface area contributed by atoms with Gasteiger partial charge in [0.05, 0.1) is 26.4 Å². The Morgan fingerprint density at radius 3 is 1.95 bits per heavy atom. The van der Waals surface area contributed by atoms with Gasteiger partial charge in [-0.1, -0.05) is 45.0 Å². The monoisotopic (exact) mass is 546 g/mol. The molecule has 0 aromatic heterocycles. The van der Waals surface area contributed by atoms with Crippen LogP contribution in [0.25, 0.3) is 0 Å². The minimum absolute atomic E-state index is 0.0805. The predicted molar refractivity (Wildman–Crippen MR) is 132 cm³/mol. The molecule has 2 aliphatic heterocycles. The number of aliphatic hydroxyl groups excluding tert-OH is 7. The van der Waals surface area contributed by atoms with Crippen molar-refractivity contribution in [3.63, 3.8) is 0 Å². The second-order valence-electron chi connectivity index (χ2n) is 10.7. The third-order valence-corrected chi connectivity index (χ3v) is 6.76. The molecule has 4 unspecified atom stereocenters. The third-order valence-electron chi connectivity index (χ3n) is 6.76. The summed E-state index contributed by atoms with van der Waals surface area (Å²) >= 11 is 0. The van der Waals surface area contributed by atoms with Crippen LogP contribution in [0.5, 0.6) is 0 Å². The first kappa shape index (κ1) is 31.3. The van der Waals surface area contributed by atoms with Gasteiger partial charge in [0.1, 0.15) is 48.8 Å². The van der Waals surface area contributed by atoms with Gasteiger partial charge in [0, 0.05) is 6.61 Å². The van der Waals surface area contributed by atoms with E-state index in [4.69, 9.17) is 23.7 Å². The third kappa shape index (κ3) is 7.68. The number of aliphatic hydroxyl groups is 7. The van der Waals surface area contributed by atoms with Crippen LogP contribution < -0.4 is 0 Å². The summed E-state index contributed by atoms with van der Waals surface area (Å²) < 4.78 is 27.6. The van der Waals surface area contributed by atoms with Crippen molar-refractivity contribution in [3.05, 3.63) is 35.4 Å². The molecule has 10 atom stereocenters. The molecule has 0 bridgehead atoms. The fourth-order valence-electron chi connectivity index (χ4n) is 4.34. The van der Waals surface area contributed by atoms with E-state index in [9.17, 15) is 35.7 Å². The summed E-state index contributed by atoms with van der Waals surface area (Å²) in [6.07, 6.45) is -14.3. The van der Waals surface area contributed by atoms with Gasteiger partial charge in [-0.25, -0.2) is 0 Å². The fraction of sp³-hybridized carbons (Fsp3) is 0.769. The van der Waals surface area contributed by atoms with E-state index in [1.807, 2.05) is 12.1 Å². The van der Waals surface area contributed by atoms with Crippen LogP contribution in [0.1, 0.15) is 38.3 Å². The summed E-state index contributed by atoms with van der Waals surface area (Å²) in [5.74, 6) is 0. The largest absolute Gasteiger partial charge is 0.394 e. The van der Waals surface area contributed by atoms with E-state index in [0.29, 0.717) is 19.6 Å². The Morgan fingerprint density at radius 2 is 1.34 bits per heavy atom. The van der Waals surface area contributed by atoms with Crippen LogP contribution in [0.3, 0.4) is 0 Å². The van der Waals surface area contributed by atoms with Crippen molar-refractivity contribution in [1.29, 1.82) is 0 Å². The van der Waals surface area contributed by atoms with Crippen LogP contribution in [0.4, 0.5) is 0 Å². The molecule has 0 amide bonds. The Labute approximate surface area is 222 Å². The summed E-state index contributed by atoms with van der Waals surface area (Å²) in [5, 5.41) is 70.3. The first-order chi connectivity index (χ1) is 18.0. The highest BCUT2D eigenvalue weighted by molar-refractivity contribution is 5.27. The van der Waals surface area contributed by atoms with E-state index >= 15 is 0 Å². The van der Waals surface area contributed by atoms with Crippen molar-refractivity contribution in [1.82, 2.24) is 0 Å². The van der Waals surface area contributed by atoms with Crippen molar-refractivity contribution in [2.45, 2.75) is 101 Å². The Kier molecular flexibility index (Phi) is 11.4. The SMILES string of the molecule is CC(C)(C)c1ccc(COCCCO[C@@H]2OC(CO)[C@@H](O[C@H]3OC(CO)[C@@H](O)[C@H](O)C3O)[C@H](O)C2O)cc1. The summed E-state index contributed by atoms with van der Waals surface area (Å²) in [6.45, 7) is 6.15. The van der Waals surface area contributed by atoms with Gasteiger partial charge in [-0.2, -0.15) is 0 Å². The normalized spacial score (nSPS) is 36.4. The Morgan fingerprint density at radius 1 is 0.737 bits per heavy atom. The molecule has 0 radical (unpaired) electrons. The number of ether oxygens (including phenoxy) is 5. The topological polar surface area (TPSA) is 188 Å². The number of rotatable bonds is 11. The quantitative estimate of drug-likeness (QED) is 0.160. The van der Waals surface area contributed by atoms with Gasteiger partial charge >= 0.3 is 0 Å². The zero-order valence-electron chi connectivity index (χ0n) is 22.0. The molecule has 7 N–H and O–H groups in total. The summed E-state index contributed by atoms with van der Waals surface area (Å²) in [7, 11) is 0. The molecule has 0 spiro atoms. The van der Waals surface area contributed by atoms with E-state index in [2.05, 4.69) is 32.9 Å². The van der Waals surface area contributed by atoms with Crippen LogP contribution in [0, 0.1) is 0 Å². The average molecular weight is 547 g/mol. The molecule has 2 aliphatic rings. The molecular weight excluding hydrogens is 504 g/mol. The number of hydrogen-bond acceptors (Lipinski definition) is 12. The zero-order chi connectivity index (χ0) is 28.0. The highest BCUT2D eigenvalue weighted by Gasteiger charge is 2.50. The van der Waals surface area contributed by atoms with Crippen molar-refractivity contribution < 1.29 is 59.4 Å². The van der Waals surface area contributed by atoms with Crippen molar-refractivity contribution >= 4 is 0 Å². The lowest BCUT2D eigenvalue weighted by Gasteiger charge is -2.45. The molecule has 12 heteroatoms. The predicted octanol–water partition coefficient (Wildman–Crippen LogP) is -1.47. The van der Waals surface area contributed by atoms with Gasteiger partial charge in [0.15, 0.2) is 12.6 Å². The van der Waals surface area contributed by atoms with Crippen LogP contribution in [-0.4, -0.2) is 124 Å². The van der Waals surface area contributed by atoms with E-state index in [1.165, 1.54) is 5.56 Å². The number of benzene rings is 1. The lowest BCUT2D eigenvalue weighted by molar-refractivity contribution is -0.359. The summed E-state index contributed by atoms with van der Waals surface area (Å²) in [6, 6.07) is 8.23. The summed E-state index contributed by atoms with van der Waals surface area (Å²) in [5.41, 5.74) is 2.37. The van der Waals surface area contributed by atoms with Crippen LogP contribution in [0.15, 0.2) is 24.3 Å². The van der Waals surface area contributed by atoms with Gasteiger partial charge < -0.3 is 59.4 Å². The summed E-state index contributed by atoms with van der Waals surface area (Å²) in [4.78, 5) is 0. The maximum Gasteiger partial charge on any atom is 0.187 e. The lowest BCUT2D eigenvalue weighted by atomic mass is 9.87. The van der Waals surface area contributed by atoms with Crippen molar-refractivity contribution in [2.75, 3.05) is 26.4 Å². The Bertz CT molecular complexity index is 827. The number of hydrogen-bond donors (Lipinski definition) is 7. The molecule has 218 valence electrons. The minimum atomic E-state index is -1.72. The maximum atomic E-state index is 10.6. The van der Waals surface area contributed by atoms with Gasteiger partial charge in [-0.3, -0.25) is 0 Å². The first-order valence-corrected chi connectivity index (χ1v) is 12.8.